The van der Waals surface area contributed by atoms with Crippen LogP contribution in [0.3, 0.4) is 0 Å². The highest BCUT2D eigenvalue weighted by Crippen LogP contribution is 2.29. The molecule has 2 aliphatic heterocycles. The number of rotatable bonds is 5. The minimum atomic E-state index is -0.216. The molecule has 6 nitrogen and oxygen atoms in total. The van der Waals surface area contributed by atoms with Crippen LogP contribution in [0.4, 0.5) is 0 Å². The fraction of sp³-hybridized carbons (Fsp3) is 0.368. The number of nitrogens with zero attached hydrogens (tertiary/aromatic N) is 1. The van der Waals surface area contributed by atoms with E-state index in [-0.39, 0.29) is 30.3 Å². The van der Waals surface area contributed by atoms with Crippen LogP contribution in [0.15, 0.2) is 54.7 Å². The Morgan fingerprint density at radius 2 is 1.88 bits per heavy atom. The van der Waals surface area contributed by atoms with Gasteiger partial charge in [-0.05, 0) is 17.7 Å². The highest BCUT2D eigenvalue weighted by atomic mass is 16.6. The Labute approximate surface area is 146 Å². The Kier molecular flexibility index (Phi) is 4.74. The van der Waals surface area contributed by atoms with Gasteiger partial charge in [-0.2, -0.15) is 0 Å². The summed E-state index contributed by atoms with van der Waals surface area (Å²) < 4.78 is 17.7. The van der Waals surface area contributed by atoms with E-state index in [0.29, 0.717) is 25.5 Å². The monoisotopic (exact) mass is 340 g/mol. The lowest BCUT2D eigenvalue weighted by molar-refractivity contribution is -0.0392. The highest BCUT2D eigenvalue weighted by molar-refractivity contribution is 5.92. The molecule has 2 aromatic rings. The first kappa shape index (κ1) is 16.2. The molecule has 2 fully saturated rings. The van der Waals surface area contributed by atoms with Gasteiger partial charge in [0, 0.05) is 6.20 Å². The summed E-state index contributed by atoms with van der Waals surface area (Å²) in [6, 6.07) is 15.1. The topological polar surface area (TPSA) is 69.7 Å². The van der Waals surface area contributed by atoms with Crippen molar-refractivity contribution in [3.05, 3.63) is 66.0 Å². The molecule has 0 aliphatic carbocycles. The molecule has 130 valence electrons. The van der Waals surface area contributed by atoms with Crippen LogP contribution < -0.4 is 5.32 Å². The van der Waals surface area contributed by atoms with E-state index in [0.717, 1.165) is 5.56 Å². The second kappa shape index (κ2) is 7.31. The van der Waals surface area contributed by atoms with Gasteiger partial charge in [-0.25, -0.2) is 0 Å². The van der Waals surface area contributed by atoms with E-state index in [1.807, 2.05) is 30.3 Å². The van der Waals surface area contributed by atoms with E-state index in [2.05, 4.69) is 10.3 Å². The van der Waals surface area contributed by atoms with Gasteiger partial charge in [0.25, 0.3) is 5.91 Å². The zero-order valence-electron chi connectivity index (χ0n) is 13.7. The summed E-state index contributed by atoms with van der Waals surface area (Å²) in [6.07, 6.45) is 1.13. The van der Waals surface area contributed by atoms with Crippen LogP contribution >= 0.6 is 0 Å². The Bertz CT molecular complexity index is 710. The predicted molar refractivity (Wildman–Crippen MR) is 90.0 cm³/mol. The highest BCUT2D eigenvalue weighted by Gasteiger charge is 2.48. The number of ether oxygens (including phenoxy) is 3. The Balaban J connectivity index is 1.33. The molecule has 0 spiro atoms. The van der Waals surface area contributed by atoms with E-state index in [4.69, 9.17) is 14.2 Å². The summed E-state index contributed by atoms with van der Waals surface area (Å²) in [5.74, 6) is -0.216. The van der Waals surface area contributed by atoms with Crippen molar-refractivity contribution >= 4 is 5.91 Å². The molecule has 0 saturated carbocycles. The zero-order chi connectivity index (χ0) is 17.1. The molecule has 25 heavy (non-hydrogen) atoms. The molecule has 0 unspecified atom stereocenters. The average molecular weight is 340 g/mol. The Morgan fingerprint density at radius 3 is 2.68 bits per heavy atom. The number of carbonyl (C=O) groups is 1. The summed E-state index contributed by atoms with van der Waals surface area (Å²) in [4.78, 5) is 16.3. The predicted octanol–water partition coefficient (Wildman–Crippen LogP) is 1.56. The third-order valence-electron chi connectivity index (χ3n) is 4.53. The largest absolute Gasteiger partial charge is 0.370 e. The zero-order valence-corrected chi connectivity index (χ0v) is 13.7. The molecular weight excluding hydrogens is 320 g/mol. The van der Waals surface area contributed by atoms with E-state index in [1.54, 1.807) is 24.4 Å². The van der Waals surface area contributed by atoms with Crippen molar-refractivity contribution < 1.29 is 19.0 Å². The second-order valence-corrected chi connectivity index (χ2v) is 6.23. The SMILES string of the molecule is O=C(N[C@H]1CO[C@H]2[C@H]1OC[C@@H]2OCc1ccccc1)c1ccccn1. The number of hydrogen-bond donors (Lipinski definition) is 1. The van der Waals surface area contributed by atoms with Crippen LogP contribution in [0.2, 0.25) is 0 Å². The first-order valence-electron chi connectivity index (χ1n) is 8.42. The normalized spacial score (nSPS) is 27.8. The molecule has 3 heterocycles. The van der Waals surface area contributed by atoms with Gasteiger partial charge in [-0.1, -0.05) is 36.4 Å². The van der Waals surface area contributed by atoms with Gasteiger partial charge in [-0.15, -0.1) is 0 Å². The average Bonchev–Trinajstić information content (AvgIpc) is 3.25. The summed E-state index contributed by atoms with van der Waals surface area (Å²) >= 11 is 0. The quantitative estimate of drug-likeness (QED) is 0.895. The number of amides is 1. The van der Waals surface area contributed by atoms with E-state index < -0.39 is 0 Å². The molecule has 4 rings (SSSR count). The van der Waals surface area contributed by atoms with Crippen molar-refractivity contribution in [1.82, 2.24) is 10.3 Å². The van der Waals surface area contributed by atoms with Crippen molar-refractivity contribution in [2.45, 2.75) is 31.0 Å². The van der Waals surface area contributed by atoms with Crippen molar-refractivity contribution in [1.29, 1.82) is 0 Å². The fourth-order valence-corrected chi connectivity index (χ4v) is 3.25. The smallest absolute Gasteiger partial charge is 0.270 e. The lowest BCUT2D eigenvalue weighted by Gasteiger charge is -2.18. The van der Waals surface area contributed by atoms with Crippen LogP contribution in [-0.2, 0) is 20.8 Å². The minimum Gasteiger partial charge on any atom is -0.370 e. The number of fused-ring (bicyclic) bond motifs is 1. The van der Waals surface area contributed by atoms with Crippen LogP contribution in [0.1, 0.15) is 16.1 Å². The number of benzene rings is 1. The number of aromatic nitrogens is 1. The van der Waals surface area contributed by atoms with Crippen LogP contribution in [0.25, 0.3) is 0 Å². The number of carbonyl (C=O) groups excluding carboxylic acids is 1. The molecule has 6 heteroatoms. The van der Waals surface area contributed by atoms with Crippen molar-refractivity contribution in [2.75, 3.05) is 13.2 Å². The molecule has 0 bridgehead atoms. The summed E-state index contributed by atoms with van der Waals surface area (Å²) in [7, 11) is 0. The van der Waals surface area contributed by atoms with Gasteiger partial charge in [-0.3, -0.25) is 9.78 Å². The van der Waals surface area contributed by atoms with Crippen molar-refractivity contribution in [3.63, 3.8) is 0 Å². The first-order valence-corrected chi connectivity index (χ1v) is 8.42. The van der Waals surface area contributed by atoms with Gasteiger partial charge in [0.2, 0.25) is 0 Å². The second-order valence-electron chi connectivity index (χ2n) is 6.23. The molecule has 1 N–H and O–H groups in total. The number of pyridine rings is 1. The summed E-state index contributed by atoms with van der Waals surface area (Å²) in [6.45, 7) is 1.41. The maximum Gasteiger partial charge on any atom is 0.270 e. The molecular formula is C19H20N2O4. The number of hydrogen-bond acceptors (Lipinski definition) is 5. The molecule has 2 aliphatic rings. The molecule has 1 amide bonds. The van der Waals surface area contributed by atoms with Crippen LogP contribution in [0.5, 0.6) is 0 Å². The maximum absolute atomic E-state index is 12.3. The van der Waals surface area contributed by atoms with Crippen LogP contribution in [0, 0.1) is 0 Å². The lowest BCUT2D eigenvalue weighted by atomic mass is 10.1. The van der Waals surface area contributed by atoms with Gasteiger partial charge in [0.05, 0.1) is 25.9 Å². The van der Waals surface area contributed by atoms with E-state index in [9.17, 15) is 4.79 Å². The van der Waals surface area contributed by atoms with E-state index in [1.165, 1.54) is 0 Å². The Hall–Kier alpha value is -2.28. The first-order chi connectivity index (χ1) is 12.3. The van der Waals surface area contributed by atoms with Gasteiger partial charge < -0.3 is 19.5 Å². The van der Waals surface area contributed by atoms with Crippen molar-refractivity contribution in [3.8, 4) is 0 Å². The van der Waals surface area contributed by atoms with Crippen LogP contribution in [-0.4, -0.2) is 48.5 Å². The summed E-state index contributed by atoms with van der Waals surface area (Å²) in [5, 5.41) is 2.95. The number of nitrogens with one attached hydrogen (secondary N) is 1. The third-order valence-corrected chi connectivity index (χ3v) is 4.53. The van der Waals surface area contributed by atoms with Gasteiger partial charge in [0.1, 0.15) is 24.0 Å². The van der Waals surface area contributed by atoms with Gasteiger partial charge >= 0.3 is 0 Å². The molecule has 1 aromatic carbocycles. The Morgan fingerprint density at radius 1 is 1.08 bits per heavy atom. The summed E-state index contributed by atoms with van der Waals surface area (Å²) in [5.41, 5.74) is 1.50. The standard InChI is InChI=1S/C19H20N2O4/c22-19(14-8-4-5-9-20-14)21-15-11-24-18-16(12-25-17(15)18)23-10-13-6-2-1-3-7-13/h1-9,15-18H,10-12H2,(H,21,22)/t15-,16-,17-,18+/m0/s1. The molecule has 1 aromatic heterocycles. The third kappa shape index (κ3) is 3.56. The van der Waals surface area contributed by atoms with Gasteiger partial charge in [0.15, 0.2) is 0 Å². The van der Waals surface area contributed by atoms with E-state index >= 15 is 0 Å². The molecule has 4 atom stereocenters. The maximum atomic E-state index is 12.3. The molecule has 2 saturated heterocycles. The lowest BCUT2D eigenvalue weighted by Crippen LogP contribution is -2.44. The molecule has 0 radical (unpaired) electrons. The van der Waals surface area contributed by atoms with Crippen molar-refractivity contribution in [2.24, 2.45) is 0 Å². The fourth-order valence-electron chi connectivity index (χ4n) is 3.25. The minimum absolute atomic E-state index is 0.123.